The zero-order chi connectivity index (χ0) is 19.2. The molecule has 2 aromatic carbocycles. The van der Waals surface area contributed by atoms with Crippen LogP contribution in [0.25, 0.3) is 0 Å². The topological polar surface area (TPSA) is 59.4 Å². The van der Waals surface area contributed by atoms with Gasteiger partial charge in [-0.05, 0) is 47.7 Å². The molecule has 4 nitrogen and oxygen atoms in total. The number of thiazole rings is 1. The van der Waals surface area contributed by atoms with Crippen molar-refractivity contribution in [3.63, 3.8) is 0 Å². The predicted molar refractivity (Wildman–Crippen MR) is 108 cm³/mol. The summed E-state index contributed by atoms with van der Waals surface area (Å²) < 4.78 is 5.85. The smallest absolute Gasteiger partial charge is 0.335 e. The first kappa shape index (κ1) is 19.1. The van der Waals surface area contributed by atoms with E-state index in [4.69, 9.17) is 9.84 Å². The van der Waals surface area contributed by atoms with Gasteiger partial charge in [0.15, 0.2) is 0 Å². The molecule has 0 radical (unpaired) electrons. The van der Waals surface area contributed by atoms with E-state index >= 15 is 0 Å². The van der Waals surface area contributed by atoms with E-state index in [9.17, 15) is 4.79 Å². The van der Waals surface area contributed by atoms with Crippen LogP contribution >= 0.6 is 11.3 Å². The largest absolute Gasteiger partial charge is 0.489 e. The zero-order valence-corrected chi connectivity index (χ0v) is 16.3. The minimum atomic E-state index is -0.929. The molecule has 27 heavy (non-hydrogen) atoms. The monoisotopic (exact) mass is 381 g/mol. The van der Waals surface area contributed by atoms with Crippen molar-refractivity contribution in [3.8, 4) is 5.75 Å². The summed E-state index contributed by atoms with van der Waals surface area (Å²) in [5.74, 6) is 0.322. The van der Waals surface area contributed by atoms with E-state index in [-0.39, 0.29) is 5.56 Å². The van der Waals surface area contributed by atoms with E-state index in [1.165, 1.54) is 5.56 Å². The number of aromatic carboxylic acids is 1. The number of nitrogens with zero attached hydrogens (tertiary/aromatic N) is 1. The Bertz CT molecular complexity index is 917. The molecule has 0 saturated carbocycles. The fourth-order valence-corrected chi connectivity index (χ4v) is 3.67. The summed E-state index contributed by atoms with van der Waals surface area (Å²) in [6, 6.07) is 14.9. The zero-order valence-electron chi connectivity index (χ0n) is 15.5. The number of hydrogen-bond donors (Lipinski definition) is 1. The molecule has 1 N–H and O–H groups in total. The molecule has 1 aromatic heterocycles. The second-order valence-electron chi connectivity index (χ2n) is 6.76. The number of hydrogen-bond acceptors (Lipinski definition) is 4. The number of carbonyl (C=O) groups is 1. The van der Waals surface area contributed by atoms with E-state index in [0.717, 1.165) is 34.9 Å². The fraction of sp³-hybridized carbons (Fsp3) is 0.273. The average Bonchev–Trinajstić information content (AvgIpc) is 3.15. The highest BCUT2D eigenvalue weighted by molar-refractivity contribution is 7.09. The van der Waals surface area contributed by atoms with Crippen LogP contribution in [-0.4, -0.2) is 16.1 Å². The summed E-state index contributed by atoms with van der Waals surface area (Å²) in [5.41, 5.74) is 3.47. The molecule has 3 aromatic rings. The van der Waals surface area contributed by atoms with Crippen LogP contribution in [0.4, 0.5) is 0 Å². The van der Waals surface area contributed by atoms with Gasteiger partial charge in [0.2, 0.25) is 0 Å². The molecule has 0 saturated heterocycles. The SMILES string of the molecule is CC(C)c1csc(CCc2cccc(OCc3cccc(C(=O)O)c3)c2)n1. The van der Waals surface area contributed by atoms with Gasteiger partial charge in [-0.1, -0.05) is 38.1 Å². The maximum atomic E-state index is 11.1. The van der Waals surface area contributed by atoms with Crippen molar-refractivity contribution < 1.29 is 14.6 Å². The maximum Gasteiger partial charge on any atom is 0.335 e. The standard InChI is InChI=1S/C22H23NO3S/c1-15(2)20-14-27-21(23-20)10-9-16-5-4-8-19(12-16)26-13-17-6-3-7-18(11-17)22(24)25/h3-8,11-12,14-15H,9-10,13H2,1-2H3,(H,24,25). The average molecular weight is 381 g/mol. The van der Waals surface area contributed by atoms with Crippen molar-refractivity contribution in [3.05, 3.63) is 81.3 Å². The molecule has 0 unspecified atom stereocenters. The summed E-state index contributed by atoms with van der Waals surface area (Å²) >= 11 is 1.72. The molecule has 0 aliphatic rings. The highest BCUT2D eigenvalue weighted by Gasteiger charge is 2.07. The second-order valence-corrected chi connectivity index (χ2v) is 7.71. The first-order chi connectivity index (χ1) is 13.0. The van der Waals surface area contributed by atoms with Crippen molar-refractivity contribution >= 4 is 17.3 Å². The molecule has 0 fully saturated rings. The molecule has 0 atom stereocenters. The number of rotatable bonds is 8. The number of carboxylic acid groups (broad SMARTS) is 1. The van der Waals surface area contributed by atoms with Crippen molar-refractivity contribution in [1.82, 2.24) is 4.98 Å². The van der Waals surface area contributed by atoms with Gasteiger partial charge in [-0.2, -0.15) is 0 Å². The summed E-state index contributed by atoms with van der Waals surface area (Å²) in [7, 11) is 0. The Morgan fingerprint density at radius 3 is 2.63 bits per heavy atom. The summed E-state index contributed by atoms with van der Waals surface area (Å²) in [6.07, 6.45) is 1.83. The third kappa shape index (κ3) is 5.41. The molecule has 5 heteroatoms. The van der Waals surface area contributed by atoms with Crippen molar-refractivity contribution in [2.75, 3.05) is 0 Å². The Labute approximate surface area is 163 Å². The van der Waals surface area contributed by atoms with Gasteiger partial charge in [-0.3, -0.25) is 0 Å². The Morgan fingerprint density at radius 1 is 1.11 bits per heavy atom. The van der Waals surface area contributed by atoms with Crippen LogP contribution < -0.4 is 4.74 Å². The van der Waals surface area contributed by atoms with Crippen LogP contribution in [0, 0.1) is 0 Å². The predicted octanol–water partition coefficient (Wildman–Crippen LogP) is 5.33. The summed E-state index contributed by atoms with van der Waals surface area (Å²) in [4.78, 5) is 15.7. The highest BCUT2D eigenvalue weighted by atomic mass is 32.1. The third-order valence-corrected chi connectivity index (χ3v) is 5.19. The normalized spacial score (nSPS) is 10.9. The van der Waals surface area contributed by atoms with Gasteiger partial charge in [-0.15, -0.1) is 11.3 Å². The molecule has 1 heterocycles. The molecular weight excluding hydrogens is 358 g/mol. The van der Waals surface area contributed by atoms with Gasteiger partial charge in [0.25, 0.3) is 0 Å². The van der Waals surface area contributed by atoms with Crippen molar-refractivity contribution in [1.29, 1.82) is 0 Å². The molecule has 0 spiro atoms. The van der Waals surface area contributed by atoms with E-state index < -0.39 is 5.97 Å². The molecule has 0 aliphatic carbocycles. The maximum absolute atomic E-state index is 11.1. The molecule has 0 bridgehead atoms. The highest BCUT2D eigenvalue weighted by Crippen LogP contribution is 2.21. The van der Waals surface area contributed by atoms with Gasteiger partial charge >= 0.3 is 5.97 Å². The van der Waals surface area contributed by atoms with Gasteiger partial charge in [-0.25, -0.2) is 9.78 Å². The number of carboxylic acids is 1. The number of aryl methyl sites for hydroxylation is 2. The minimum absolute atomic E-state index is 0.272. The summed E-state index contributed by atoms with van der Waals surface area (Å²) in [6.45, 7) is 4.66. The van der Waals surface area contributed by atoms with Crippen LogP contribution in [0.15, 0.2) is 53.9 Å². The molecule has 3 rings (SSSR count). The number of ether oxygens (including phenoxy) is 1. The summed E-state index contributed by atoms with van der Waals surface area (Å²) in [5, 5.41) is 12.4. The van der Waals surface area contributed by atoms with Crippen LogP contribution in [0.3, 0.4) is 0 Å². The minimum Gasteiger partial charge on any atom is -0.489 e. The lowest BCUT2D eigenvalue weighted by atomic mass is 10.1. The Morgan fingerprint density at radius 2 is 1.89 bits per heavy atom. The lowest BCUT2D eigenvalue weighted by Crippen LogP contribution is -2.00. The van der Waals surface area contributed by atoms with Gasteiger partial charge in [0, 0.05) is 11.8 Å². The molecule has 140 valence electrons. The van der Waals surface area contributed by atoms with Crippen LogP contribution in [-0.2, 0) is 19.4 Å². The Balaban J connectivity index is 1.58. The lowest BCUT2D eigenvalue weighted by molar-refractivity contribution is 0.0696. The molecular formula is C22H23NO3S. The quantitative estimate of drug-likeness (QED) is 0.573. The number of aromatic nitrogens is 1. The Kier molecular flexibility index (Phi) is 6.24. The lowest BCUT2D eigenvalue weighted by Gasteiger charge is -2.08. The van der Waals surface area contributed by atoms with Crippen LogP contribution in [0.5, 0.6) is 5.75 Å². The van der Waals surface area contributed by atoms with E-state index in [2.05, 4.69) is 30.3 Å². The molecule has 0 amide bonds. The van der Waals surface area contributed by atoms with Gasteiger partial charge in [0.1, 0.15) is 12.4 Å². The van der Waals surface area contributed by atoms with E-state index in [1.54, 1.807) is 29.5 Å². The second kappa shape index (κ2) is 8.82. The first-order valence-electron chi connectivity index (χ1n) is 8.99. The van der Waals surface area contributed by atoms with Crippen molar-refractivity contribution in [2.24, 2.45) is 0 Å². The fourth-order valence-electron chi connectivity index (χ4n) is 2.71. The Hall–Kier alpha value is -2.66. The van der Waals surface area contributed by atoms with Crippen molar-refractivity contribution in [2.45, 2.75) is 39.2 Å². The van der Waals surface area contributed by atoms with E-state index in [0.29, 0.717) is 12.5 Å². The first-order valence-corrected chi connectivity index (χ1v) is 9.87. The number of benzene rings is 2. The van der Waals surface area contributed by atoms with Crippen LogP contribution in [0.2, 0.25) is 0 Å². The van der Waals surface area contributed by atoms with Crippen LogP contribution in [0.1, 0.15) is 52.0 Å². The van der Waals surface area contributed by atoms with E-state index in [1.807, 2.05) is 24.3 Å². The third-order valence-electron chi connectivity index (χ3n) is 4.27. The van der Waals surface area contributed by atoms with Gasteiger partial charge in [0.05, 0.1) is 16.3 Å². The molecule has 0 aliphatic heterocycles. The van der Waals surface area contributed by atoms with Gasteiger partial charge < -0.3 is 9.84 Å².